The van der Waals surface area contributed by atoms with Crippen molar-refractivity contribution in [1.29, 1.82) is 0 Å². The molecule has 0 spiro atoms. The molecular formula is C11H16N2O2. The van der Waals surface area contributed by atoms with Crippen LogP contribution in [-0.4, -0.2) is 18.6 Å². The van der Waals surface area contributed by atoms with Crippen molar-refractivity contribution in [2.75, 3.05) is 11.9 Å². The Morgan fingerprint density at radius 1 is 1.60 bits per heavy atom. The van der Waals surface area contributed by atoms with E-state index in [0.717, 1.165) is 5.75 Å². The number of anilines is 1. The van der Waals surface area contributed by atoms with Crippen molar-refractivity contribution in [3.8, 4) is 5.75 Å². The van der Waals surface area contributed by atoms with E-state index in [-0.39, 0.29) is 5.91 Å². The molecule has 0 radical (unpaired) electrons. The molecule has 3 N–H and O–H groups in total. The summed E-state index contributed by atoms with van der Waals surface area (Å²) < 4.78 is 5.31. The Morgan fingerprint density at radius 2 is 2.33 bits per heavy atom. The van der Waals surface area contributed by atoms with Crippen LogP contribution in [0, 0.1) is 0 Å². The van der Waals surface area contributed by atoms with Crippen molar-refractivity contribution in [2.24, 2.45) is 5.73 Å². The van der Waals surface area contributed by atoms with Crippen molar-refractivity contribution in [1.82, 2.24) is 0 Å². The average molecular weight is 208 g/mol. The molecule has 1 rings (SSSR count). The smallest absolute Gasteiger partial charge is 0.241 e. The van der Waals surface area contributed by atoms with E-state index in [4.69, 9.17) is 10.5 Å². The van der Waals surface area contributed by atoms with Crippen LogP contribution in [0.15, 0.2) is 24.3 Å². The first-order valence-electron chi connectivity index (χ1n) is 4.92. The van der Waals surface area contributed by atoms with Gasteiger partial charge in [0.2, 0.25) is 5.91 Å². The van der Waals surface area contributed by atoms with Gasteiger partial charge in [-0.3, -0.25) is 4.79 Å². The number of rotatable bonds is 4. The molecule has 4 heteroatoms. The number of benzene rings is 1. The Hall–Kier alpha value is -1.55. The molecule has 82 valence electrons. The zero-order chi connectivity index (χ0) is 11.3. The van der Waals surface area contributed by atoms with Gasteiger partial charge in [0.1, 0.15) is 5.75 Å². The summed E-state index contributed by atoms with van der Waals surface area (Å²) in [5.41, 5.74) is 6.13. The van der Waals surface area contributed by atoms with Crippen molar-refractivity contribution in [3.05, 3.63) is 24.3 Å². The second-order valence-corrected chi connectivity index (χ2v) is 3.24. The van der Waals surface area contributed by atoms with Gasteiger partial charge in [-0.15, -0.1) is 0 Å². The largest absolute Gasteiger partial charge is 0.494 e. The van der Waals surface area contributed by atoms with E-state index in [9.17, 15) is 4.79 Å². The first-order valence-corrected chi connectivity index (χ1v) is 4.92. The lowest BCUT2D eigenvalue weighted by Crippen LogP contribution is -2.32. The summed E-state index contributed by atoms with van der Waals surface area (Å²) in [6, 6.07) is 6.71. The molecule has 1 atom stereocenters. The van der Waals surface area contributed by atoms with Gasteiger partial charge < -0.3 is 15.8 Å². The maximum Gasteiger partial charge on any atom is 0.241 e. The Balaban J connectivity index is 2.69. The van der Waals surface area contributed by atoms with E-state index in [1.54, 1.807) is 19.1 Å². The Morgan fingerprint density at radius 3 is 2.93 bits per heavy atom. The summed E-state index contributed by atoms with van der Waals surface area (Å²) in [6.45, 7) is 4.15. The number of carbonyl (C=O) groups is 1. The number of amides is 1. The predicted octanol–water partition coefficient (Wildman–Crippen LogP) is 1.37. The standard InChI is InChI=1S/C11H16N2O2/c1-3-15-10-6-4-5-9(7-10)13-11(14)8(2)12/h4-8H,3,12H2,1-2H3,(H,13,14). The monoisotopic (exact) mass is 208 g/mol. The summed E-state index contributed by atoms with van der Waals surface area (Å²) in [5, 5.41) is 2.70. The summed E-state index contributed by atoms with van der Waals surface area (Å²) in [5.74, 6) is 0.531. The lowest BCUT2D eigenvalue weighted by molar-refractivity contribution is -0.117. The van der Waals surface area contributed by atoms with Crippen LogP contribution in [0.1, 0.15) is 13.8 Å². The third kappa shape index (κ3) is 3.59. The summed E-state index contributed by atoms with van der Waals surface area (Å²) >= 11 is 0. The number of carbonyl (C=O) groups excluding carboxylic acids is 1. The quantitative estimate of drug-likeness (QED) is 0.785. The molecule has 1 unspecified atom stereocenters. The lowest BCUT2D eigenvalue weighted by atomic mass is 10.2. The Kier molecular flexibility index (Phi) is 4.12. The fourth-order valence-electron chi connectivity index (χ4n) is 1.09. The highest BCUT2D eigenvalue weighted by atomic mass is 16.5. The molecule has 0 fully saturated rings. The van der Waals surface area contributed by atoms with Crippen molar-refractivity contribution in [2.45, 2.75) is 19.9 Å². The van der Waals surface area contributed by atoms with E-state index >= 15 is 0 Å². The van der Waals surface area contributed by atoms with E-state index in [1.807, 2.05) is 19.1 Å². The molecule has 0 aromatic heterocycles. The minimum atomic E-state index is -0.513. The second kappa shape index (κ2) is 5.36. The third-order valence-electron chi connectivity index (χ3n) is 1.83. The Bertz CT molecular complexity index is 337. The van der Waals surface area contributed by atoms with Crippen molar-refractivity contribution >= 4 is 11.6 Å². The zero-order valence-electron chi connectivity index (χ0n) is 8.99. The molecule has 4 nitrogen and oxygen atoms in total. The molecule has 0 saturated heterocycles. The van der Waals surface area contributed by atoms with Gasteiger partial charge in [-0.2, -0.15) is 0 Å². The van der Waals surface area contributed by atoms with Crippen LogP contribution < -0.4 is 15.8 Å². The van der Waals surface area contributed by atoms with Crippen LogP contribution in [0.3, 0.4) is 0 Å². The van der Waals surface area contributed by atoms with Gasteiger partial charge in [0, 0.05) is 11.8 Å². The number of hydrogen-bond acceptors (Lipinski definition) is 3. The summed E-state index contributed by atoms with van der Waals surface area (Å²) in [7, 11) is 0. The first-order chi connectivity index (χ1) is 7.13. The van der Waals surface area contributed by atoms with Crippen molar-refractivity contribution in [3.63, 3.8) is 0 Å². The van der Waals surface area contributed by atoms with Crippen LogP contribution >= 0.6 is 0 Å². The maximum absolute atomic E-state index is 11.3. The van der Waals surface area contributed by atoms with Crippen LogP contribution in [0.4, 0.5) is 5.69 Å². The molecule has 0 aliphatic heterocycles. The van der Waals surface area contributed by atoms with Crippen LogP contribution in [-0.2, 0) is 4.79 Å². The van der Waals surface area contributed by atoms with Gasteiger partial charge in [-0.05, 0) is 26.0 Å². The first kappa shape index (κ1) is 11.5. The summed E-state index contributed by atoms with van der Waals surface area (Å²) in [6.07, 6.45) is 0. The predicted molar refractivity (Wildman–Crippen MR) is 59.9 cm³/mol. The molecule has 15 heavy (non-hydrogen) atoms. The van der Waals surface area contributed by atoms with E-state index in [0.29, 0.717) is 12.3 Å². The number of nitrogens with two attached hydrogens (primary N) is 1. The number of nitrogens with one attached hydrogen (secondary N) is 1. The van der Waals surface area contributed by atoms with Gasteiger partial charge >= 0.3 is 0 Å². The van der Waals surface area contributed by atoms with E-state index in [2.05, 4.69) is 5.32 Å². The minimum absolute atomic E-state index is 0.205. The SMILES string of the molecule is CCOc1cccc(NC(=O)C(C)N)c1. The van der Waals surface area contributed by atoms with Crippen LogP contribution in [0.25, 0.3) is 0 Å². The molecule has 0 heterocycles. The molecule has 1 aromatic rings. The summed E-state index contributed by atoms with van der Waals surface area (Å²) in [4.78, 5) is 11.3. The van der Waals surface area contributed by atoms with Crippen molar-refractivity contribution < 1.29 is 9.53 Å². The average Bonchev–Trinajstić information content (AvgIpc) is 2.18. The van der Waals surface area contributed by atoms with Gasteiger partial charge in [-0.25, -0.2) is 0 Å². The number of hydrogen-bond donors (Lipinski definition) is 2. The maximum atomic E-state index is 11.3. The Labute approximate surface area is 89.4 Å². The zero-order valence-corrected chi connectivity index (χ0v) is 8.99. The minimum Gasteiger partial charge on any atom is -0.494 e. The highest BCUT2D eigenvalue weighted by molar-refractivity contribution is 5.94. The molecule has 1 aromatic carbocycles. The highest BCUT2D eigenvalue weighted by Crippen LogP contribution is 2.17. The molecule has 0 aliphatic rings. The topological polar surface area (TPSA) is 64.3 Å². The molecule has 0 aliphatic carbocycles. The number of ether oxygens (including phenoxy) is 1. The lowest BCUT2D eigenvalue weighted by Gasteiger charge is -2.09. The van der Waals surface area contributed by atoms with Crippen LogP contribution in [0.2, 0.25) is 0 Å². The molecule has 0 bridgehead atoms. The van der Waals surface area contributed by atoms with Gasteiger partial charge in [0.15, 0.2) is 0 Å². The molecular weight excluding hydrogens is 192 g/mol. The van der Waals surface area contributed by atoms with E-state index in [1.165, 1.54) is 0 Å². The van der Waals surface area contributed by atoms with Gasteiger partial charge in [0.25, 0.3) is 0 Å². The molecule has 0 saturated carbocycles. The fraction of sp³-hybridized carbons (Fsp3) is 0.364. The van der Waals surface area contributed by atoms with Gasteiger partial charge in [-0.1, -0.05) is 6.07 Å². The normalized spacial score (nSPS) is 11.9. The van der Waals surface area contributed by atoms with Gasteiger partial charge in [0.05, 0.1) is 12.6 Å². The second-order valence-electron chi connectivity index (χ2n) is 3.24. The molecule has 1 amide bonds. The van der Waals surface area contributed by atoms with Crippen LogP contribution in [0.5, 0.6) is 5.75 Å². The van der Waals surface area contributed by atoms with E-state index < -0.39 is 6.04 Å². The fourth-order valence-corrected chi connectivity index (χ4v) is 1.09. The third-order valence-corrected chi connectivity index (χ3v) is 1.83. The highest BCUT2D eigenvalue weighted by Gasteiger charge is 2.07.